The van der Waals surface area contributed by atoms with E-state index in [9.17, 15) is 9.59 Å². The second-order valence-corrected chi connectivity index (χ2v) is 1.87. The lowest BCUT2D eigenvalue weighted by Crippen LogP contribution is -2.40. The summed E-state index contributed by atoms with van der Waals surface area (Å²) >= 11 is 0. The Hall–Kier alpha value is -0.990. The first-order valence-electron chi connectivity index (χ1n) is 2.69. The Labute approximate surface area is 60.9 Å². The van der Waals surface area contributed by atoms with Crippen LogP contribution in [0.25, 0.3) is 0 Å². The van der Waals surface area contributed by atoms with Gasteiger partial charge in [-0.05, 0) is 5.84 Å². The van der Waals surface area contributed by atoms with Gasteiger partial charge in [-0.2, -0.15) is 0 Å². The van der Waals surface area contributed by atoms with Crippen molar-refractivity contribution in [3.63, 3.8) is 0 Å². The molecule has 0 bridgehead atoms. The SMILES string of the molecule is [B]C([B])N1C(=O)C=CC1=O. The third kappa shape index (κ3) is 0.988. The summed E-state index contributed by atoms with van der Waals surface area (Å²) in [4.78, 5) is 22.1. The van der Waals surface area contributed by atoms with Crippen molar-refractivity contribution in [3.8, 4) is 0 Å². The maximum Gasteiger partial charge on any atom is 0.252 e. The number of hydrogen-bond donors (Lipinski definition) is 0. The topological polar surface area (TPSA) is 37.4 Å². The first-order valence-corrected chi connectivity index (χ1v) is 2.69. The van der Waals surface area contributed by atoms with Gasteiger partial charge in [-0.15, -0.1) is 0 Å². The van der Waals surface area contributed by atoms with Gasteiger partial charge in [0.1, 0.15) is 0 Å². The van der Waals surface area contributed by atoms with E-state index in [2.05, 4.69) is 0 Å². The van der Waals surface area contributed by atoms with E-state index in [1.807, 2.05) is 0 Å². The molecule has 0 spiro atoms. The highest BCUT2D eigenvalue weighted by Gasteiger charge is 2.24. The maximum atomic E-state index is 10.7. The van der Waals surface area contributed by atoms with Gasteiger partial charge in [0, 0.05) is 12.2 Å². The first kappa shape index (κ1) is 7.12. The van der Waals surface area contributed by atoms with Crippen LogP contribution >= 0.6 is 0 Å². The Morgan fingerprint density at radius 2 is 1.60 bits per heavy atom. The van der Waals surface area contributed by atoms with Crippen molar-refractivity contribution in [1.82, 2.24) is 4.90 Å². The molecule has 0 saturated carbocycles. The van der Waals surface area contributed by atoms with Crippen molar-refractivity contribution in [2.75, 3.05) is 0 Å². The summed E-state index contributed by atoms with van der Waals surface area (Å²) in [5, 5.41) is 0. The fourth-order valence-electron chi connectivity index (χ4n) is 0.706. The fourth-order valence-corrected chi connectivity index (χ4v) is 0.706. The van der Waals surface area contributed by atoms with Gasteiger partial charge >= 0.3 is 0 Å². The fraction of sp³-hybridized carbons (Fsp3) is 0.200. The average Bonchev–Trinajstić information content (AvgIpc) is 2.11. The van der Waals surface area contributed by atoms with Gasteiger partial charge in [-0.1, -0.05) is 0 Å². The van der Waals surface area contributed by atoms with Crippen LogP contribution in [0.4, 0.5) is 0 Å². The highest BCUT2D eigenvalue weighted by atomic mass is 16.2. The molecule has 4 radical (unpaired) electrons. The molecule has 1 aliphatic heterocycles. The van der Waals surface area contributed by atoms with Gasteiger partial charge in [0.25, 0.3) is 11.8 Å². The summed E-state index contributed by atoms with van der Waals surface area (Å²) < 4.78 is 0. The predicted molar refractivity (Wildman–Crippen MR) is 36.3 cm³/mol. The maximum absolute atomic E-state index is 10.7. The lowest BCUT2D eigenvalue weighted by Gasteiger charge is -2.18. The van der Waals surface area contributed by atoms with Gasteiger partial charge in [-0.3, -0.25) is 14.5 Å². The first-order chi connectivity index (χ1) is 4.63. The summed E-state index contributed by atoms with van der Waals surface area (Å²) in [6, 6.07) is 0. The monoisotopic (exact) mass is 131 g/mol. The number of nitrogens with zero attached hydrogens (tertiary/aromatic N) is 1. The summed E-state index contributed by atoms with van der Waals surface area (Å²) in [5.41, 5.74) is 0. The number of hydrogen-bond acceptors (Lipinski definition) is 2. The normalized spacial score (nSPS) is 17.5. The minimum absolute atomic E-state index is 0.458. The number of imide groups is 1. The van der Waals surface area contributed by atoms with Gasteiger partial charge in [0.2, 0.25) is 0 Å². The Kier molecular flexibility index (Phi) is 1.66. The van der Waals surface area contributed by atoms with Crippen LogP contribution in [0, 0.1) is 0 Å². The van der Waals surface area contributed by atoms with E-state index in [0.29, 0.717) is 0 Å². The highest BCUT2D eigenvalue weighted by molar-refractivity contribution is 6.39. The molecule has 5 heteroatoms. The van der Waals surface area contributed by atoms with Gasteiger partial charge in [-0.25, -0.2) is 0 Å². The molecular formula is C5H3B2NO2. The molecule has 0 atom stereocenters. The van der Waals surface area contributed by atoms with Crippen LogP contribution in [-0.2, 0) is 9.59 Å². The highest BCUT2D eigenvalue weighted by Crippen LogP contribution is 2.03. The van der Waals surface area contributed by atoms with Crippen LogP contribution in [0.1, 0.15) is 0 Å². The van der Waals surface area contributed by atoms with Crippen molar-refractivity contribution in [2.24, 2.45) is 0 Å². The second-order valence-electron chi connectivity index (χ2n) is 1.87. The van der Waals surface area contributed by atoms with E-state index >= 15 is 0 Å². The van der Waals surface area contributed by atoms with Crippen LogP contribution in [0.2, 0.25) is 0 Å². The molecule has 2 amide bonds. The van der Waals surface area contributed by atoms with E-state index in [4.69, 9.17) is 15.7 Å². The molecule has 0 aromatic carbocycles. The van der Waals surface area contributed by atoms with E-state index in [0.717, 1.165) is 17.1 Å². The lowest BCUT2D eigenvalue weighted by atomic mass is 9.77. The second kappa shape index (κ2) is 2.33. The summed E-state index contributed by atoms with van der Waals surface area (Å²) in [6.45, 7) is 0. The molecule has 10 heavy (non-hydrogen) atoms. The van der Waals surface area contributed by atoms with E-state index in [-0.39, 0.29) is 0 Å². The van der Waals surface area contributed by atoms with Crippen molar-refractivity contribution in [1.29, 1.82) is 0 Å². The zero-order chi connectivity index (χ0) is 7.72. The smallest absolute Gasteiger partial charge is 0.252 e. The van der Waals surface area contributed by atoms with Crippen molar-refractivity contribution in [2.45, 2.75) is 5.84 Å². The molecule has 0 aromatic heterocycles. The molecule has 0 unspecified atom stereocenters. The Morgan fingerprint density at radius 3 is 1.80 bits per heavy atom. The van der Waals surface area contributed by atoms with Gasteiger partial charge in [0.05, 0.1) is 15.7 Å². The number of amides is 2. The molecule has 0 fully saturated rings. The average molecular weight is 131 g/mol. The molecule has 0 N–H and O–H groups in total. The van der Waals surface area contributed by atoms with Crippen molar-refractivity contribution < 1.29 is 9.59 Å². The molecular weight excluding hydrogens is 128 g/mol. The third-order valence-corrected chi connectivity index (χ3v) is 1.14. The number of carbonyl (C=O) groups is 2. The predicted octanol–water partition coefficient (Wildman–Crippen LogP) is -1.47. The molecule has 46 valence electrons. The number of carbonyl (C=O) groups excluding carboxylic acids is 2. The Balaban J connectivity index is 2.79. The van der Waals surface area contributed by atoms with E-state index in [1.54, 1.807) is 0 Å². The van der Waals surface area contributed by atoms with Crippen LogP contribution in [0.5, 0.6) is 0 Å². The largest absolute Gasteiger partial charge is 0.290 e. The molecule has 1 rings (SSSR count). The standard InChI is InChI=1S/C5H3B2NO2/c6-5(7)8-3(9)1-2-4(8)10/h1-2,5H. The van der Waals surface area contributed by atoms with Crippen LogP contribution in [-0.4, -0.2) is 38.2 Å². The minimum Gasteiger partial charge on any atom is -0.290 e. The van der Waals surface area contributed by atoms with Gasteiger partial charge in [0.15, 0.2) is 0 Å². The molecule has 1 heterocycles. The van der Waals surface area contributed by atoms with Crippen molar-refractivity contribution >= 4 is 27.5 Å². The van der Waals surface area contributed by atoms with Crippen LogP contribution in [0.15, 0.2) is 12.2 Å². The van der Waals surface area contributed by atoms with E-state index < -0.39 is 17.7 Å². The van der Waals surface area contributed by atoms with Crippen LogP contribution in [0.3, 0.4) is 0 Å². The Morgan fingerprint density at radius 1 is 1.20 bits per heavy atom. The molecule has 1 aliphatic rings. The molecule has 0 aliphatic carbocycles. The Bertz CT molecular complexity index is 194. The van der Waals surface area contributed by atoms with Gasteiger partial charge < -0.3 is 0 Å². The zero-order valence-electron chi connectivity index (χ0n) is 5.15. The van der Waals surface area contributed by atoms with E-state index in [1.165, 1.54) is 0 Å². The van der Waals surface area contributed by atoms with Crippen molar-refractivity contribution in [3.05, 3.63) is 12.2 Å². The molecule has 0 aromatic rings. The lowest BCUT2D eigenvalue weighted by molar-refractivity contribution is -0.136. The summed E-state index contributed by atoms with van der Waals surface area (Å²) in [6.07, 6.45) is 2.27. The quantitative estimate of drug-likeness (QED) is 0.321. The third-order valence-electron chi connectivity index (χ3n) is 1.14. The molecule has 0 saturated heterocycles. The molecule has 3 nitrogen and oxygen atoms in total. The zero-order valence-corrected chi connectivity index (χ0v) is 5.15. The van der Waals surface area contributed by atoms with Crippen LogP contribution < -0.4 is 0 Å². The summed E-state index contributed by atoms with van der Waals surface area (Å²) in [7, 11) is 10.2. The minimum atomic E-state index is -1.03. The number of rotatable bonds is 1. The summed E-state index contributed by atoms with van der Waals surface area (Å²) in [5.74, 6) is -1.95.